The molecule has 0 radical (unpaired) electrons. The number of benzene rings is 1. The van der Waals surface area contributed by atoms with Gasteiger partial charge in [-0.2, -0.15) is 5.10 Å². The third-order valence-electron chi connectivity index (χ3n) is 2.90. The lowest BCUT2D eigenvalue weighted by Crippen LogP contribution is -1.98. The van der Waals surface area contributed by atoms with Crippen molar-refractivity contribution in [1.82, 2.24) is 14.6 Å². The maximum atomic E-state index is 13.1. The summed E-state index contributed by atoms with van der Waals surface area (Å²) in [5, 5.41) is 4.30. The van der Waals surface area contributed by atoms with Gasteiger partial charge in [-0.3, -0.25) is 4.79 Å². The molecule has 4 nitrogen and oxygen atoms in total. The Labute approximate surface area is 133 Å². The number of hydrogen-bond donors (Lipinski definition) is 0. The van der Waals surface area contributed by atoms with Crippen LogP contribution in [0.4, 0.5) is 4.39 Å². The van der Waals surface area contributed by atoms with Gasteiger partial charge in [0.15, 0.2) is 11.9 Å². The molecular formula is C13H5Cl3FN3O. The topological polar surface area (TPSA) is 47.3 Å². The number of aromatic nitrogens is 3. The largest absolute Gasteiger partial charge is 0.298 e. The summed E-state index contributed by atoms with van der Waals surface area (Å²) < 4.78 is 14.4. The third-order valence-corrected chi connectivity index (χ3v) is 3.84. The molecule has 2 heterocycles. The van der Waals surface area contributed by atoms with Crippen LogP contribution in [0.1, 0.15) is 10.4 Å². The monoisotopic (exact) mass is 343 g/mol. The predicted octanol–water partition coefficient (Wildman–Crippen LogP) is 4.31. The van der Waals surface area contributed by atoms with E-state index in [4.69, 9.17) is 34.8 Å². The Morgan fingerprint density at radius 1 is 1.24 bits per heavy atom. The van der Waals surface area contributed by atoms with Crippen molar-refractivity contribution in [2.45, 2.75) is 0 Å². The van der Waals surface area contributed by atoms with E-state index in [1.165, 1.54) is 22.8 Å². The highest BCUT2D eigenvalue weighted by molar-refractivity contribution is 6.40. The summed E-state index contributed by atoms with van der Waals surface area (Å²) in [6.45, 7) is 0. The zero-order valence-corrected chi connectivity index (χ0v) is 12.4. The summed E-state index contributed by atoms with van der Waals surface area (Å²) in [5.41, 5.74) is 1.24. The second-order valence-electron chi connectivity index (χ2n) is 4.15. The van der Waals surface area contributed by atoms with Gasteiger partial charge in [-0.1, -0.05) is 34.8 Å². The normalized spacial score (nSPS) is 11.0. The molecule has 0 atom stereocenters. The highest BCUT2D eigenvalue weighted by Gasteiger charge is 2.19. The number of rotatable bonds is 2. The number of fused-ring (bicyclic) bond motifs is 1. The Morgan fingerprint density at radius 2 is 2.00 bits per heavy atom. The summed E-state index contributed by atoms with van der Waals surface area (Å²) in [7, 11) is 0. The second kappa shape index (κ2) is 5.26. The van der Waals surface area contributed by atoms with Crippen LogP contribution in [0.15, 0.2) is 24.4 Å². The molecule has 0 aliphatic carbocycles. The Morgan fingerprint density at radius 3 is 2.67 bits per heavy atom. The van der Waals surface area contributed by atoms with E-state index in [0.717, 1.165) is 6.07 Å². The first-order chi connectivity index (χ1) is 10.0. The van der Waals surface area contributed by atoms with Crippen molar-refractivity contribution < 1.29 is 9.18 Å². The van der Waals surface area contributed by atoms with Crippen LogP contribution >= 0.6 is 34.8 Å². The molecule has 0 saturated carbocycles. The van der Waals surface area contributed by atoms with Crippen molar-refractivity contribution in [2.24, 2.45) is 0 Å². The van der Waals surface area contributed by atoms with Crippen LogP contribution in [0.25, 0.3) is 16.8 Å². The van der Waals surface area contributed by atoms with Gasteiger partial charge in [0, 0.05) is 5.56 Å². The van der Waals surface area contributed by atoms with Gasteiger partial charge >= 0.3 is 0 Å². The van der Waals surface area contributed by atoms with Crippen LogP contribution < -0.4 is 0 Å². The van der Waals surface area contributed by atoms with Gasteiger partial charge in [0.2, 0.25) is 0 Å². The highest BCUT2D eigenvalue weighted by atomic mass is 35.5. The van der Waals surface area contributed by atoms with E-state index in [9.17, 15) is 9.18 Å². The summed E-state index contributed by atoms with van der Waals surface area (Å²) in [4.78, 5) is 15.0. The van der Waals surface area contributed by atoms with Gasteiger partial charge < -0.3 is 0 Å². The molecule has 0 N–H and O–H groups in total. The summed E-state index contributed by atoms with van der Waals surface area (Å²) in [6, 6.07) is 3.83. The van der Waals surface area contributed by atoms with Gasteiger partial charge in [-0.05, 0) is 18.2 Å². The van der Waals surface area contributed by atoms with E-state index in [1.807, 2.05) is 0 Å². The average molecular weight is 345 g/mol. The average Bonchev–Trinajstić information content (AvgIpc) is 2.84. The molecule has 3 rings (SSSR count). The summed E-state index contributed by atoms with van der Waals surface area (Å²) in [6.07, 6.45) is 1.93. The van der Waals surface area contributed by atoms with E-state index in [2.05, 4.69) is 10.1 Å². The Balaban J connectivity index is 2.35. The summed E-state index contributed by atoms with van der Waals surface area (Å²) in [5.74, 6) is -0.479. The van der Waals surface area contributed by atoms with E-state index in [0.29, 0.717) is 17.4 Å². The van der Waals surface area contributed by atoms with Crippen LogP contribution in [0.3, 0.4) is 0 Å². The van der Waals surface area contributed by atoms with Crippen LogP contribution in [0.5, 0.6) is 0 Å². The lowest BCUT2D eigenvalue weighted by atomic mass is 10.1. The SMILES string of the molecule is O=Cc1cnn2c(Cl)c(-c3ccc(F)cc3Cl)c(Cl)nc12. The summed E-state index contributed by atoms with van der Waals surface area (Å²) >= 11 is 18.4. The molecule has 2 aromatic heterocycles. The maximum Gasteiger partial charge on any atom is 0.168 e. The molecule has 0 spiro atoms. The molecule has 0 aliphatic heterocycles. The quantitative estimate of drug-likeness (QED) is 0.514. The number of nitrogens with zero attached hydrogens (tertiary/aromatic N) is 3. The highest BCUT2D eigenvalue weighted by Crippen LogP contribution is 2.38. The lowest BCUT2D eigenvalue weighted by Gasteiger charge is -2.10. The molecule has 0 saturated heterocycles. The molecule has 106 valence electrons. The van der Waals surface area contributed by atoms with Crippen molar-refractivity contribution in [1.29, 1.82) is 0 Å². The lowest BCUT2D eigenvalue weighted by molar-refractivity contribution is 0.112. The third kappa shape index (κ3) is 2.27. The minimum Gasteiger partial charge on any atom is -0.298 e. The first kappa shape index (κ1) is 14.3. The smallest absolute Gasteiger partial charge is 0.168 e. The van der Waals surface area contributed by atoms with Gasteiger partial charge in [0.1, 0.15) is 16.1 Å². The van der Waals surface area contributed by atoms with Crippen molar-refractivity contribution in [3.8, 4) is 11.1 Å². The Hall–Kier alpha value is -1.69. The molecule has 0 fully saturated rings. The fraction of sp³-hybridized carbons (Fsp3) is 0. The zero-order valence-electron chi connectivity index (χ0n) is 10.1. The van der Waals surface area contributed by atoms with E-state index in [-0.39, 0.29) is 26.5 Å². The molecular weight excluding hydrogens is 340 g/mol. The zero-order chi connectivity index (χ0) is 15.1. The number of aldehydes is 1. The van der Waals surface area contributed by atoms with Crippen LogP contribution in [-0.4, -0.2) is 20.9 Å². The van der Waals surface area contributed by atoms with Crippen LogP contribution in [0, 0.1) is 5.82 Å². The van der Waals surface area contributed by atoms with E-state index in [1.54, 1.807) is 0 Å². The van der Waals surface area contributed by atoms with Crippen LogP contribution in [0.2, 0.25) is 15.3 Å². The molecule has 3 aromatic rings. The van der Waals surface area contributed by atoms with Crippen LogP contribution in [-0.2, 0) is 0 Å². The molecule has 0 aliphatic rings. The number of carbonyl (C=O) groups is 1. The second-order valence-corrected chi connectivity index (χ2v) is 5.27. The number of halogens is 4. The minimum atomic E-state index is -0.479. The molecule has 1 aromatic carbocycles. The van der Waals surface area contributed by atoms with Crippen molar-refractivity contribution >= 4 is 46.7 Å². The maximum absolute atomic E-state index is 13.1. The van der Waals surface area contributed by atoms with E-state index < -0.39 is 5.82 Å². The van der Waals surface area contributed by atoms with Gasteiger partial charge in [-0.25, -0.2) is 13.9 Å². The van der Waals surface area contributed by atoms with Crippen molar-refractivity contribution in [2.75, 3.05) is 0 Å². The first-order valence-electron chi connectivity index (χ1n) is 5.66. The molecule has 0 bridgehead atoms. The molecule has 0 amide bonds. The van der Waals surface area contributed by atoms with Gasteiger partial charge in [0.05, 0.1) is 22.3 Å². The standard InChI is InChI=1S/C13H5Cl3FN3O/c14-9-3-7(17)1-2-8(9)10-11(15)19-13-6(5-21)4-18-20(13)12(10)16/h1-5H. The molecule has 8 heteroatoms. The number of carbonyl (C=O) groups excluding carboxylic acids is 1. The molecule has 0 unspecified atom stereocenters. The van der Waals surface area contributed by atoms with E-state index >= 15 is 0 Å². The molecule has 21 heavy (non-hydrogen) atoms. The predicted molar refractivity (Wildman–Crippen MR) is 78.8 cm³/mol. The minimum absolute atomic E-state index is 0.0459. The Bertz CT molecular complexity index is 879. The van der Waals surface area contributed by atoms with Crippen molar-refractivity contribution in [3.05, 3.63) is 51.1 Å². The van der Waals surface area contributed by atoms with Gasteiger partial charge in [0.25, 0.3) is 0 Å². The number of hydrogen-bond acceptors (Lipinski definition) is 3. The first-order valence-corrected chi connectivity index (χ1v) is 6.79. The Kier molecular flexibility index (Phi) is 3.57. The fourth-order valence-corrected chi connectivity index (χ4v) is 2.84. The fourth-order valence-electron chi connectivity index (χ4n) is 1.95. The van der Waals surface area contributed by atoms with Crippen molar-refractivity contribution in [3.63, 3.8) is 0 Å². The van der Waals surface area contributed by atoms with Gasteiger partial charge in [-0.15, -0.1) is 0 Å².